The summed E-state index contributed by atoms with van der Waals surface area (Å²) in [4.78, 5) is 11.0. The van der Waals surface area contributed by atoms with Gasteiger partial charge in [-0.15, -0.1) is 5.10 Å². The summed E-state index contributed by atoms with van der Waals surface area (Å²) >= 11 is 1.36. The van der Waals surface area contributed by atoms with Crippen molar-refractivity contribution in [3.63, 3.8) is 0 Å². The van der Waals surface area contributed by atoms with Gasteiger partial charge in [-0.3, -0.25) is 4.79 Å². The summed E-state index contributed by atoms with van der Waals surface area (Å²) in [5, 5.41) is 11.2. The van der Waals surface area contributed by atoms with Crippen molar-refractivity contribution >= 4 is 29.1 Å². The molecule has 1 aromatic rings. The molecule has 2 rings (SSSR count). The first kappa shape index (κ1) is 16.5. The molecule has 1 aliphatic heterocycles. The maximum atomic E-state index is 11.0. The highest BCUT2D eigenvalue weighted by atomic mass is 32.2. The van der Waals surface area contributed by atoms with Crippen LogP contribution in [0.4, 0.5) is 0 Å². The maximum absolute atomic E-state index is 11.0. The number of carbonyl (C=O) groups is 1. The number of amides is 1. The number of rotatable bonds is 7. The normalized spacial score (nSPS) is 16.5. The van der Waals surface area contributed by atoms with Crippen molar-refractivity contribution in [3.8, 4) is 5.75 Å². The minimum Gasteiger partial charge on any atom is -0.493 e. The fraction of sp³-hybridized carbons (Fsp3) is 0.438. The van der Waals surface area contributed by atoms with Crippen molar-refractivity contribution in [2.45, 2.75) is 33.1 Å². The molecule has 118 valence electrons. The first-order valence-corrected chi connectivity index (χ1v) is 8.44. The van der Waals surface area contributed by atoms with Gasteiger partial charge in [-0.25, -0.2) is 0 Å². The number of nitrogens with one attached hydrogen (secondary N) is 1. The fourth-order valence-electron chi connectivity index (χ4n) is 1.98. The van der Waals surface area contributed by atoms with E-state index in [-0.39, 0.29) is 5.91 Å². The van der Waals surface area contributed by atoms with E-state index < -0.39 is 0 Å². The fourth-order valence-corrected chi connectivity index (χ4v) is 2.61. The molecule has 1 amide bonds. The van der Waals surface area contributed by atoms with Gasteiger partial charge in [-0.2, -0.15) is 5.10 Å². The van der Waals surface area contributed by atoms with E-state index in [1.54, 1.807) is 6.21 Å². The molecule has 1 fully saturated rings. The summed E-state index contributed by atoms with van der Waals surface area (Å²) in [6.45, 7) is 4.95. The third-order valence-corrected chi connectivity index (χ3v) is 4.01. The minimum absolute atomic E-state index is 0.0284. The zero-order chi connectivity index (χ0) is 15.8. The van der Waals surface area contributed by atoms with Gasteiger partial charge in [0, 0.05) is 0 Å². The predicted octanol–water partition coefficient (Wildman–Crippen LogP) is 3.12. The first-order valence-electron chi connectivity index (χ1n) is 7.46. The number of carbonyl (C=O) groups excluding carboxylic acids is 1. The zero-order valence-electron chi connectivity index (χ0n) is 13.0. The van der Waals surface area contributed by atoms with Crippen LogP contribution in [0.2, 0.25) is 0 Å². The highest BCUT2D eigenvalue weighted by Gasteiger charge is 2.15. The molecule has 1 aromatic carbocycles. The van der Waals surface area contributed by atoms with Crippen LogP contribution in [0.15, 0.2) is 28.4 Å². The molecular formula is C16H21N3O2S. The number of benzene rings is 1. The third kappa shape index (κ3) is 5.18. The van der Waals surface area contributed by atoms with Crippen LogP contribution in [0, 0.1) is 6.92 Å². The lowest BCUT2D eigenvalue weighted by atomic mass is 10.1. The van der Waals surface area contributed by atoms with Crippen molar-refractivity contribution < 1.29 is 9.53 Å². The highest BCUT2D eigenvalue weighted by molar-refractivity contribution is 8.15. The van der Waals surface area contributed by atoms with Crippen LogP contribution >= 0.6 is 11.8 Å². The summed E-state index contributed by atoms with van der Waals surface area (Å²) in [5.74, 6) is 1.30. The molecular weight excluding hydrogens is 298 g/mol. The molecule has 0 unspecified atom stereocenters. The predicted molar refractivity (Wildman–Crippen MR) is 91.8 cm³/mol. The molecule has 0 aliphatic carbocycles. The van der Waals surface area contributed by atoms with Crippen LogP contribution < -0.4 is 10.1 Å². The van der Waals surface area contributed by atoms with Gasteiger partial charge in [-0.05, 0) is 42.7 Å². The Bertz CT molecular complexity index is 585. The van der Waals surface area contributed by atoms with Gasteiger partial charge in [0.1, 0.15) is 5.75 Å². The van der Waals surface area contributed by atoms with Gasteiger partial charge in [0.15, 0.2) is 5.17 Å². The topological polar surface area (TPSA) is 63.1 Å². The second-order valence-corrected chi connectivity index (χ2v) is 6.03. The Balaban J connectivity index is 1.90. The molecule has 1 saturated heterocycles. The zero-order valence-corrected chi connectivity index (χ0v) is 13.8. The Labute approximate surface area is 135 Å². The third-order valence-electron chi connectivity index (χ3n) is 3.15. The first-order chi connectivity index (χ1) is 10.7. The Kier molecular flexibility index (Phi) is 6.45. The van der Waals surface area contributed by atoms with Gasteiger partial charge in [0.25, 0.3) is 0 Å². The molecule has 0 radical (unpaired) electrons. The lowest BCUT2D eigenvalue weighted by Crippen LogP contribution is -2.19. The molecule has 0 atom stereocenters. The summed E-state index contributed by atoms with van der Waals surface area (Å²) in [6, 6.07) is 5.92. The van der Waals surface area contributed by atoms with Crippen molar-refractivity contribution in [3.05, 3.63) is 29.3 Å². The molecule has 0 saturated carbocycles. The molecule has 0 bridgehead atoms. The molecule has 1 N–H and O–H groups in total. The number of thioether (sulfide) groups is 1. The second kappa shape index (κ2) is 8.58. The van der Waals surface area contributed by atoms with E-state index in [0.29, 0.717) is 10.9 Å². The van der Waals surface area contributed by atoms with Gasteiger partial charge in [0.05, 0.1) is 18.6 Å². The van der Waals surface area contributed by atoms with Gasteiger partial charge < -0.3 is 10.1 Å². The SMILES string of the molecule is CCCCCOc1ccc(C=NN=C2NC(=O)CS2)cc1C. The molecule has 1 heterocycles. The number of hydrogen-bond acceptors (Lipinski definition) is 5. The average Bonchev–Trinajstić information content (AvgIpc) is 2.91. The van der Waals surface area contributed by atoms with Crippen molar-refractivity contribution in [1.82, 2.24) is 5.32 Å². The largest absolute Gasteiger partial charge is 0.493 e. The molecule has 0 spiro atoms. The molecule has 5 nitrogen and oxygen atoms in total. The number of aryl methyl sites for hydroxylation is 1. The summed E-state index contributed by atoms with van der Waals surface area (Å²) < 4.78 is 5.77. The monoisotopic (exact) mass is 319 g/mol. The summed E-state index contributed by atoms with van der Waals surface area (Å²) in [5.41, 5.74) is 2.04. The van der Waals surface area contributed by atoms with E-state index in [4.69, 9.17) is 4.74 Å². The molecule has 0 aromatic heterocycles. The van der Waals surface area contributed by atoms with Gasteiger partial charge in [0.2, 0.25) is 5.91 Å². The minimum atomic E-state index is -0.0284. The number of ether oxygens (including phenoxy) is 1. The second-order valence-electron chi connectivity index (χ2n) is 5.07. The van der Waals surface area contributed by atoms with Crippen LogP contribution in [-0.4, -0.2) is 29.6 Å². The van der Waals surface area contributed by atoms with Crippen LogP contribution in [0.5, 0.6) is 5.75 Å². The van der Waals surface area contributed by atoms with Crippen LogP contribution in [-0.2, 0) is 4.79 Å². The van der Waals surface area contributed by atoms with E-state index >= 15 is 0 Å². The van der Waals surface area contributed by atoms with E-state index in [9.17, 15) is 4.79 Å². The Morgan fingerprint density at radius 1 is 1.41 bits per heavy atom. The van der Waals surface area contributed by atoms with Crippen molar-refractivity contribution in [2.24, 2.45) is 10.2 Å². The highest BCUT2D eigenvalue weighted by Crippen LogP contribution is 2.19. The Morgan fingerprint density at radius 3 is 2.95 bits per heavy atom. The Hall–Kier alpha value is -1.82. The smallest absolute Gasteiger partial charge is 0.236 e. The van der Waals surface area contributed by atoms with Crippen molar-refractivity contribution in [2.75, 3.05) is 12.4 Å². The number of hydrogen-bond donors (Lipinski definition) is 1. The number of nitrogens with zero attached hydrogens (tertiary/aromatic N) is 2. The molecule has 1 aliphatic rings. The average molecular weight is 319 g/mol. The molecule has 6 heteroatoms. The lowest BCUT2D eigenvalue weighted by Gasteiger charge is -2.09. The van der Waals surface area contributed by atoms with E-state index in [1.165, 1.54) is 24.6 Å². The lowest BCUT2D eigenvalue weighted by molar-refractivity contribution is -0.116. The van der Waals surface area contributed by atoms with Crippen molar-refractivity contribution in [1.29, 1.82) is 0 Å². The number of amidine groups is 1. The van der Waals surface area contributed by atoms with Crippen LogP contribution in [0.3, 0.4) is 0 Å². The summed E-state index contributed by atoms with van der Waals surface area (Å²) in [7, 11) is 0. The van der Waals surface area contributed by atoms with Crippen LogP contribution in [0.25, 0.3) is 0 Å². The van der Waals surface area contributed by atoms with Crippen LogP contribution in [0.1, 0.15) is 37.3 Å². The summed E-state index contributed by atoms with van der Waals surface area (Å²) in [6.07, 6.45) is 5.14. The molecule has 22 heavy (non-hydrogen) atoms. The Morgan fingerprint density at radius 2 is 2.27 bits per heavy atom. The quantitative estimate of drug-likeness (QED) is 0.477. The van der Waals surface area contributed by atoms with E-state index in [0.717, 1.165) is 29.9 Å². The standard InChI is InChI=1S/C16H21N3O2S/c1-3-4-5-8-21-14-7-6-13(9-12(14)2)10-17-19-16-18-15(20)11-22-16/h6-7,9-10H,3-5,8,11H2,1-2H3,(H,18,19,20). The van der Waals surface area contributed by atoms with E-state index in [1.807, 2.05) is 25.1 Å². The van der Waals surface area contributed by atoms with Gasteiger partial charge >= 0.3 is 0 Å². The van der Waals surface area contributed by atoms with E-state index in [2.05, 4.69) is 22.4 Å². The maximum Gasteiger partial charge on any atom is 0.236 e. The van der Waals surface area contributed by atoms with Gasteiger partial charge in [-0.1, -0.05) is 31.5 Å². The number of unbranched alkanes of at least 4 members (excludes halogenated alkanes) is 2.